The number of nitrogens with zero attached hydrogens (tertiary/aromatic N) is 1. The lowest BCUT2D eigenvalue weighted by molar-refractivity contribution is -0.132. The average Bonchev–Trinajstić information content (AvgIpc) is 3.14. The van der Waals surface area contributed by atoms with E-state index in [0.717, 1.165) is 11.3 Å². The van der Waals surface area contributed by atoms with Crippen molar-refractivity contribution in [3.05, 3.63) is 95.1 Å². The Morgan fingerprint density at radius 2 is 1.74 bits per heavy atom. The Morgan fingerprint density at radius 1 is 1.00 bits per heavy atom. The highest BCUT2D eigenvalue weighted by molar-refractivity contribution is 6.51. The summed E-state index contributed by atoms with van der Waals surface area (Å²) in [5.74, 6) is -0.207. The molecule has 0 bridgehead atoms. The van der Waals surface area contributed by atoms with Crippen LogP contribution in [-0.2, 0) is 9.59 Å². The van der Waals surface area contributed by atoms with E-state index in [1.807, 2.05) is 39.0 Å². The Bertz CT molecular complexity index is 1280. The molecule has 1 heterocycles. The molecule has 0 aromatic heterocycles. The fourth-order valence-electron chi connectivity index (χ4n) is 4.40. The zero-order valence-corrected chi connectivity index (χ0v) is 20.3. The van der Waals surface area contributed by atoms with Crippen LogP contribution in [0.25, 0.3) is 5.76 Å². The van der Waals surface area contributed by atoms with Crippen LogP contribution in [0.3, 0.4) is 0 Å². The quantitative estimate of drug-likeness (QED) is 0.266. The standard InChI is InChI=1S/C29H29NO5/c1-5-35-24-15-14-20(17-23(24)18(2)3)27(31)25-26(19-10-9-13-22(16-19)34-4)30(29(33)28(25)32)21-11-7-6-8-12-21/h6-18,26,31H,5H2,1-4H3/b27-25-. The summed E-state index contributed by atoms with van der Waals surface area (Å²) in [6.07, 6.45) is 0. The average molecular weight is 472 g/mol. The van der Waals surface area contributed by atoms with Gasteiger partial charge in [-0.3, -0.25) is 14.5 Å². The van der Waals surface area contributed by atoms with Crippen molar-refractivity contribution in [2.24, 2.45) is 0 Å². The summed E-state index contributed by atoms with van der Waals surface area (Å²) < 4.78 is 11.1. The number of methoxy groups -OCH3 is 1. The third kappa shape index (κ3) is 4.52. The van der Waals surface area contributed by atoms with Crippen molar-refractivity contribution in [3.63, 3.8) is 0 Å². The van der Waals surface area contributed by atoms with Crippen molar-refractivity contribution in [1.29, 1.82) is 0 Å². The van der Waals surface area contributed by atoms with Crippen LogP contribution in [0, 0.1) is 0 Å². The smallest absolute Gasteiger partial charge is 0.300 e. The van der Waals surface area contributed by atoms with Gasteiger partial charge < -0.3 is 14.6 Å². The molecule has 4 rings (SSSR count). The number of benzene rings is 3. The Labute approximate surface area is 205 Å². The Hall–Kier alpha value is -4.06. The topological polar surface area (TPSA) is 76.1 Å². The number of aliphatic hydroxyl groups is 1. The molecular weight excluding hydrogens is 442 g/mol. The summed E-state index contributed by atoms with van der Waals surface area (Å²) >= 11 is 0. The van der Waals surface area contributed by atoms with E-state index < -0.39 is 17.7 Å². The highest BCUT2D eigenvalue weighted by Gasteiger charge is 2.47. The molecule has 1 amide bonds. The zero-order valence-electron chi connectivity index (χ0n) is 20.3. The van der Waals surface area contributed by atoms with E-state index in [9.17, 15) is 14.7 Å². The van der Waals surface area contributed by atoms with Crippen LogP contribution >= 0.6 is 0 Å². The summed E-state index contributed by atoms with van der Waals surface area (Å²) in [7, 11) is 1.56. The van der Waals surface area contributed by atoms with Crippen LogP contribution in [0.15, 0.2) is 78.4 Å². The third-order valence-corrected chi connectivity index (χ3v) is 6.09. The number of ether oxygens (including phenoxy) is 2. The number of hydrogen-bond donors (Lipinski definition) is 1. The molecule has 1 atom stereocenters. The monoisotopic (exact) mass is 471 g/mol. The normalized spacial score (nSPS) is 17.2. The summed E-state index contributed by atoms with van der Waals surface area (Å²) in [6, 6.07) is 20.7. The van der Waals surface area contributed by atoms with Gasteiger partial charge >= 0.3 is 0 Å². The van der Waals surface area contributed by atoms with Gasteiger partial charge in [0.15, 0.2) is 0 Å². The number of carbonyl (C=O) groups is 2. The van der Waals surface area contributed by atoms with E-state index in [1.54, 1.807) is 61.7 Å². The maximum atomic E-state index is 13.4. The molecule has 0 saturated carbocycles. The van der Waals surface area contributed by atoms with E-state index in [-0.39, 0.29) is 17.3 Å². The summed E-state index contributed by atoms with van der Waals surface area (Å²) in [5.41, 5.74) is 2.62. The molecule has 6 heteroatoms. The van der Waals surface area contributed by atoms with Gasteiger partial charge in [0.2, 0.25) is 0 Å². The fraction of sp³-hybridized carbons (Fsp3) is 0.241. The number of hydrogen-bond acceptors (Lipinski definition) is 5. The van der Waals surface area contributed by atoms with Crippen LogP contribution < -0.4 is 14.4 Å². The summed E-state index contributed by atoms with van der Waals surface area (Å²) in [4.78, 5) is 28.1. The number of amides is 1. The van der Waals surface area contributed by atoms with Gasteiger partial charge in [-0.05, 0) is 66.4 Å². The molecule has 3 aromatic carbocycles. The maximum absolute atomic E-state index is 13.4. The van der Waals surface area contributed by atoms with E-state index in [4.69, 9.17) is 9.47 Å². The van der Waals surface area contributed by atoms with Crippen molar-refractivity contribution >= 4 is 23.1 Å². The lowest BCUT2D eigenvalue weighted by Gasteiger charge is -2.25. The Morgan fingerprint density at radius 3 is 2.40 bits per heavy atom. The highest BCUT2D eigenvalue weighted by Crippen LogP contribution is 2.43. The molecule has 6 nitrogen and oxygen atoms in total. The minimum atomic E-state index is -0.818. The molecule has 35 heavy (non-hydrogen) atoms. The number of anilines is 1. The van der Waals surface area contributed by atoms with Gasteiger partial charge in [-0.15, -0.1) is 0 Å². The van der Waals surface area contributed by atoms with E-state index >= 15 is 0 Å². The minimum absolute atomic E-state index is 0.0333. The molecule has 1 saturated heterocycles. The number of carbonyl (C=O) groups excluding carboxylic acids is 2. The van der Waals surface area contributed by atoms with Gasteiger partial charge in [0.1, 0.15) is 17.3 Å². The SMILES string of the molecule is CCOc1ccc(/C(O)=C2/C(=O)C(=O)N(c3ccccc3)C2c2cccc(OC)c2)cc1C(C)C. The molecule has 180 valence electrons. The second-order valence-electron chi connectivity index (χ2n) is 8.62. The molecular formula is C29H29NO5. The van der Waals surface area contributed by atoms with Gasteiger partial charge in [-0.25, -0.2) is 0 Å². The van der Waals surface area contributed by atoms with Crippen LogP contribution in [0.2, 0.25) is 0 Å². The number of para-hydroxylation sites is 1. The zero-order chi connectivity index (χ0) is 25.1. The van der Waals surface area contributed by atoms with Gasteiger partial charge in [0, 0.05) is 11.3 Å². The van der Waals surface area contributed by atoms with Crippen LogP contribution in [0.4, 0.5) is 5.69 Å². The number of aliphatic hydroxyl groups excluding tert-OH is 1. The van der Waals surface area contributed by atoms with Gasteiger partial charge in [0.25, 0.3) is 11.7 Å². The van der Waals surface area contributed by atoms with Crippen LogP contribution in [0.5, 0.6) is 11.5 Å². The molecule has 0 spiro atoms. The molecule has 1 fully saturated rings. The molecule has 1 N–H and O–H groups in total. The highest BCUT2D eigenvalue weighted by atomic mass is 16.5. The fourth-order valence-corrected chi connectivity index (χ4v) is 4.40. The maximum Gasteiger partial charge on any atom is 0.300 e. The largest absolute Gasteiger partial charge is 0.507 e. The first kappa shape index (κ1) is 24.1. The predicted molar refractivity (Wildman–Crippen MR) is 136 cm³/mol. The first-order valence-corrected chi connectivity index (χ1v) is 11.6. The number of ketones is 1. The van der Waals surface area contributed by atoms with Crippen molar-refractivity contribution in [2.45, 2.75) is 32.7 Å². The van der Waals surface area contributed by atoms with Crippen LogP contribution in [-0.4, -0.2) is 30.5 Å². The first-order valence-electron chi connectivity index (χ1n) is 11.6. The van der Waals surface area contributed by atoms with E-state index in [0.29, 0.717) is 29.2 Å². The van der Waals surface area contributed by atoms with Crippen molar-refractivity contribution in [3.8, 4) is 11.5 Å². The van der Waals surface area contributed by atoms with Crippen molar-refractivity contribution in [2.75, 3.05) is 18.6 Å². The van der Waals surface area contributed by atoms with Crippen molar-refractivity contribution in [1.82, 2.24) is 0 Å². The van der Waals surface area contributed by atoms with Gasteiger partial charge in [-0.1, -0.05) is 44.2 Å². The lowest BCUT2D eigenvalue weighted by atomic mass is 9.93. The predicted octanol–water partition coefficient (Wildman–Crippen LogP) is 5.84. The molecule has 0 radical (unpaired) electrons. The summed E-state index contributed by atoms with van der Waals surface area (Å²) in [5, 5.41) is 11.5. The summed E-state index contributed by atoms with van der Waals surface area (Å²) in [6.45, 7) is 6.50. The third-order valence-electron chi connectivity index (χ3n) is 6.09. The second-order valence-corrected chi connectivity index (χ2v) is 8.62. The molecule has 1 aliphatic rings. The van der Waals surface area contributed by atoms with Crippen molar-refractivity contribution < 1.29 is 24.2 Å². The van der Waals surface area contributed by atoms with Crippen LogP contribution in [0.1, 0.15) is 49.4 Å². The molecule has 1 aliphatic heterocycles. The second kappa shape index (κ2) is 10.1. The van der Waals surface area contributed by atoms with E-state index in [1.165, 1.54) is 4.90 Å². The lowest BCUT2D eigenvalue weighted by Crippen LogP contribution is -2.29. The molecule has 0 aliphatic carbocycles. The van der Waals surface area contributed by atoms with E-state index in [2.05, 4.69) is 0 Å². The minimum Gasteiger partial charge on any atom is -0.507 e. The first-order chi connectivity index (χ1) is 16.9. The Kier molecular flexibility index (Phi) is 6.92. The van der Waals surface area contributed by atoms with Gasteiger partial charge in [0.05, 0.1) is 25.3 Å². The Balaban J connectivity index is 1.94. The molecule has 1 unspecified atom stereocenters. The molecule has 3 aromatic rings. The number of Topliss-reactive ketones (excluding diaryl/α,β-unsaturated/α-hetero) is 1. The van der Waals surface area contributed by atoms with Gasteiger partial charge in [-0.2, -0.15) is 0 Å². The number of rotatable bonds is 7.